The summed E-state index contributed by atoms with van der Waals surface area (Å²) in [6.45, 7) is 7.37. The molecular formula is C15H20N2O2Si. The maximum Gasteiger partial charge on any atom is 0.407 e. The topological polar surface area (TPSA) is 50.4 Å². The first kappa shape index (κ1) is 13.6. The minimum atomic E-state index is -0.452. The average molecular weight is 288 g/mol. The zero-order valence-electron chi connectivity index (χ0n) is 12.1. The van der Waals surface area contributed by atoms with Gasteiger partial charge in [-0.3, -0.25) is 0 Å². The molecule has 2 heterocycles. The van der Waals surface area contributed by atoms with Gasteiger partial charge in [0.05, 0.1) is 6.04 Å². The third kappa shape index (κ3) is 2.88. The van der Waals surface area contributed by atoms with Gasteiger partial charge in [0.25, 0.3) is 0 Å². The van der Waals surface area contributed by atoms with Crippen molar-refractivity contribution in [2.45, 2.75) is 38.3 Å². The molecule has 5 heteroatoms. The highest BCUT2D eigenvalue weighted by molar-refractivity contribution is 6.87. The Morgan fingerprint density at radius 1 is 1.40 bits per heavy atom. The van der Waals surface area contributed by atoms with Gasteiger partial charge in [0.15, 0.2) is 0 Å². The molecule has 0 aliphatic carbocycles. The molecule has 1 fully saturated rings. The first-order chi connectivity index (χ1) is 9.44. The van der Waals surface area contributed by atoms with Crippen LogP contribution in [0.4, 0.5) is 4.79 Å². The summed E-state index contributed by atoms with van der Waals surface area (Å²) in [4.78, 5) is 11.9. The number of hydrogen-bond acceptors (Lipinski definition) is 3. The number of fused-ring (bicyclic) bond motifs is 1. The van der Waals surface area contributed by atoms with Crippen LogP contribution in [0.3, 0.4) is 0 Å². The molecule has 106 valence electrons. The van der Waals surface area contributed by atoms with Gasteiger partial charge in [-0.15, -0.1) is 0 Å². The lowest BCUT2D eigenvalue weighted by atomic mass is 9.94. The van der Waals surface area contributed by atoms with E-state index >= 15 is 0 Å². The maximum atomic E-state index is 11.9. The molecule has 4 nitrogen and oxygen atoms in total. The van der Waals surface area contributed by atoms with E-state index in [0.717, 1.165) is 22.6 Å². The molecule has 2 aliphatic heterocycles. The fourth-order valence-electron chi connectivity index (χ4n) is 2.71. The van der Waals surface area contributed by atoms with E-state index in [0.29, 0.717) is 5.92 Å². The molecule has 2 radical (unpaired) electrons. The van der Waals surface area contributed by atoms with E-state index in [1.165, 1.54) is 15.9 Å². The normalized spacial score (nSPS) is 24.1. The van der Waals surface area contributed by atoms with Gasteiger partial charge in [-0.25, -0.2) is 4.79 Å². The molecule has 2 aliphatic rings. The van der Waals surface area contributed by atoms with Crippen molar-refractivity contribution in [2.75, 3.05) is 13.1 Å². The Bertz CT molecular complexity index is 539. The second-order valence-electron chi connectivity index (χ2n) is 6.41. The molecule has 1 amide bonds. The summed E-state index contributed by atoms with van der Waals surface area (Å²) in [5.74, 6) is 0.354. The van der Waals surface area contributed by atoms with Crippen LogP contribution in [0.25, 0.3) is 0 Å². The van der Waals surface area contributed by atoms with Crippen LogP contribution < -0.4 is 21.0 Å². The Hall–Kier alpha value is -1.33. The van der Waals surface area contributed by atoms with E-state index < -0.39 is 5.60 Å². The minimum Gasteiger partial charge on any atom is -0.444 e. The summed E-state index contributed by atoms with van der Waals surface area (Å²) in [6, 6.07) is 6.62. The molecule has 2 atom stereocenters. The summed E-state index contributed by atoms with van der Waals surface area (Å²) in [6.07, 6.45) is -0.324. The van der Waals surface area contributed by atoms with Crippen LogP contribution in [0.1, 0.15) is 32.3 Å². The Kier molecular flexibility index (Phi) is 3.34. The van der Waals surface area contributed by atoms with Crippen molar-refractivity contribution in [1.82, 2.24) is 10.6 Å². The van der Waals surface area contributed by atoms with Crippen molar-refractivity contribution in [3.8, 4) is 0 Å². The molecule has 2 unspecified atom stereocenters. The van der Waals surface area contributed by atoms with Crippen LogP contribution in [0.5, 0.6) is 0 Å². The lowest BCUT2D eigenvalue weighted by Crippen LogP contribution is -2.42. The van der Waals surface area contributed by atoms with E-state index in [9.17, 15) is 4.79 Å². The van der Waals surface area contributed by atoms with E-state index in [4.69, 9.17) is 4.74 Å². The number of carbonyl (C=O) groups excluding carboxylic acids is 1. The van der Waals surface area contributed by atoms with Gasteiger partial charge in [-0.1, -0.05) is 28.6 Å². The molecule has 0 bridgehead atoms. The number of nitrogens with one attached hydrogen (secondary N) is 2. The summed E-state index contributed by atoms with van der Waals surface area (Å²) < 4.78 is 5.35. The van der Waals surface area contributed by atoms with E-state index in [1.54, 1.807) is 0 Å². The molecule has 2 N–H and O–H groups in total. The third-order valence-electron chi connectivity index (χ3n) is 3.61. The SMILES string of the molecule is CC(C)(C)OC(=O)NC1CNCC1c1cccc2c1[Si]2. The van der Waals surface area contributed by atoms with Gasteiger partial charge in [-0.05, 0) is 26.3 Å². The van der Waals surface area contributed by atoms with Gasteiger partial charge in [-0.2, -0.15) is 0 Å². The third-order valence-corrected chi connectivity index (χ3v) is 4.85. The standard InChI is InChI=1S/C15H20N2O2Si/c1-15(2,3)19-14(18)17-11-8-16-7-10(11)9-5-4-6-12-13(9)20-12/h4-6,10-11,16H,7-8H2,1-3H3,(H,17,18). The number of rotatable bonds is 2. The number of alkyl carbamates (subject to hydrolysis) is 1. The molecule has 0 saturated carbocycles. The Balaban J connectivity index is 1.68. The van der Waals surface area contributed by atoms with Crippen molar-refractivity contribution < 1.29 is 9.53 Å². The van der Waals surface area contributed by atoms with Crippen LogP contribution in [0, 0.1) is 0 Å². The highest BCUT2D eigenvalue weighted by Gasteiger charge is 2.35. The molecular weight excluding hydrogens is 268 g/mol. The van der Waals surface area contributed by atoms with Crippen molar-refractivity contribution in [3.63, 3.8) is 0 Å². The molecule has 1 aromatic rings. The summed E-state index contributed by atoms with van der Waals surface area (Å²) in [7, 11) is 0.868. The van der Waals surface area contributed by atoms with E-state index in [-0.39, 0.29) is 12.1 Å². The predicted octanol–water partition coefficient (Wildman–Crippen LogP) is 0.235. The summed E-state index contributed by atoms with van der Waals surface area (Å²) in [5, 5.41) is 9.36. The van der Waals surface area contributed by atoms with Crippen molar-refractivity contribution >= 4 is 26.0 Å². The van der Waals surface area contributed by atoms with E-state index in [1.807, 2.05) is 20.8 Å². The predicted molar refractivity (Wildman–Crippen MR) is 80.2 cm³/mol. The van der Waals surface area contributed by atoms with Crippen molar-refractivity contribution in [2.24, 2.45) is 0 Å². The Morgan fingerprint density at radius 3 is 2.95 bits per heavy atom. The summed E-state index contributed by atoms with van der Waals surface area (Å²) in [5.41, 5.74) is 0.943. The molecule has 0 aromatic heterocycles. The van der Waals surface area contributed by atoms with E-state index in [2.05, 4.69) is 28.8 Å². The van der Waals surface area contributed by atoms with Gasteiger partial charge in [0, 0.05) is 19.0 Å². The second-order valence-corrected chi connectivity index (χ2v) is 7.70. The number of ether oxygens (including phenoxy) is 1. The van der Waals surface area contributed by atoms with Gasteiger partial charge < -0.3 is 15.4 Å². The molecule has 3 rings (SSSR count). The number of benzene rings is 1. The number of hydrogen-bond donors (Lipinski definition) is 2. The fourth-order valence-corrected chi connectivity index (χ4v) is 3.74. The Morgan fingerprint density at radius 2 is 2.20 bits per heavy atom. The monoisotopic (exact) mass is 288 g/mol. The molecule has 20 heavy (non-hydrogen) atoms. The lowest BCUT2D eigenvalue weighted by molar-refractivity contribution is 0.0504. The highest BCUT2D eigenvalue weighted by Crippen LogP contribution is 2.23. The largest absolute Gasteiger partial charge is 0.444 e. The fraction of sp³-hybridized carbons (Fsp3) is 0.533. The first-order valence-corrected chi connectivity index (χ1v) is 8.04. The lowest BCUT2D eigenvalue weighted by Gasteiger charge is -2.24. The van der Waals surface area contributed by atoms with Crippen LogP contribution in [-0.4, -0.2) is 40.3 Å². The smallest absolute Gasteiger partial charge is 0.407 e. The van der Waals surface area contributed by atoms with Crippen LogP contribution in [0.2, 0.25) is 0 Å². The zero-order chi connectivity index (χ0) is 14.3. The summed E-state index contributed by atoms with van der Waals surface area (Å²) >= 11 is 0. The zero-order valence-corrected chi connectivity index (χ0v) is 13.1. The number of amides is 1. The van der Waals surface area contributed by atoms with Crippen molar-refractivity contribution in [3.05, 3.63) is 23.8 Å². The van der Waals surface area contributed by atoms with Crippen LogP contribution in [0.15, 0.2) is 18.2 Å². The quantitative estimate of drug-likeness (QED) is 0.778. The first-order valence-electron chi connectivity index (χ1n) is 7.04. The van der Waals surface area contributed by atoms with Gasteiger partial charge in [0.1, 0.15) is 15.1 Å². The molecule has 1 saturated heterocycles. The van der Waals surface area contributed by atoms with Crippen molar-refractivity contribution in [1.29, 1.82) is 0 Å². The van der Waals surface area contributed by atoms with Crippen LogP contribution in [-0.2, 0) is 4.74 Å². The molecule has 1 aromatic carbocycles. The second kappa shape index (κ2) is 4.89. The van der Waals surface area contributed by atoms with Gasteiger partial charge in [0.2, 0.25) is 0 Å². The number of carbonyl (C=O) groups is 1. The van der Waals surface area contributed by atoms with Crippen LogP contribution >= 0.6 is 0 Å². The molecule has 0 spiro atoms. The maximum absolute atomic E-state index is 11.9. The average Bonchev–Trinajstić information content (AvgIpc) is 2.99. The highest BCUT2D eigenvalue weighted by atomic mass is 28.2. The Labute approximate surface area is 122 Å². The van der Waals surface area contributed by atoms with Gasteiger partial charge >= 0.3 is 6.09 Å². The minimum absolute atomic E-state index is 0.113.